The van der Waals surface area contributed by atoms with Crippen LogP contribution in [0.4, 0.5) is 8.78 Å². The van der Waals surface area contributed by atoms with Crippen molar-refractivity contribution < 1.29 is 8.78 Å². The zero-order chi connectivity index (χ0) is 14.9. The highest BCUT2D eigenvalue weighted by atomic mass is 19.1. The Balaban J connectivity index is 2.14. The summed E-state index contributed by atoms with van der Waals surface area (Å²) >= 11 is 0. The predicted octanol–water partition coefficient (Wildman–Crippen LogP) is 2.95. The molecule has 0 saturated carbocycles. The highest BCUT2D eigenvalue weighted by Gasteiger charge is 2.14. The van der Waals surface area contributed by atoms with Crippen LogP contribution in [0.2, 0.25) is 0 Å². The molecule has 1 heterocycles. The van der Waals surface area contributed by atoms with Crippen molar-refractivity contribution >= 4 is 0 Å². The van der Waals surface area contributed by atoms with E-state index in [2.05, 4.69) is 5.10 Å². The van der Waals surface area contributed by atoms with Gasteiger partial charge >= 0.3 is 0 Å². The van der Waals surface area contributed by atoms with Gasteiger partial charge in [0.25, 0.3) is 0 Å². The summed E-state index contributed by atoms with van der Waals surface area (Å²) in [5.74, 6) is -0.956. The van der Waals surface area contributed by atoms with Crippen LogP contribution in [0.1, 0.15) is 22.4 Å². The first-order chi connectivity index (χ1) is 9.40. The lowest BCUT2D eigenvalue weighted by Crippen LogP contribution is -2.19. The Bertz CT molecular complexity index is 620. The van der Waals surface area contributed by atoms with E-state index in [-0.39, 0.29) is 12.1 Å². The van der Waals surface area contributed by atoms with Gasteiger partial charge in [-0.25, -0.2) is 8.78 Å². The summed E-state index contributed by atoms with van der Waals surface area (Å²) in [7, 11) is 3.71. The Hall–Kier alpha value is -1.75. The second kappa shape index (κ2) is 5.71. The van der Waals surface area contributed by atoms with Gasteiger partial charge in [0.1, 0.15) is 11.6 Å². The molecule has 20 heavy (non-hydrogen) atoms. The van der Waals surface area contributed by atoms with E-state index in [1.807, 2.05) is 25.9 Å². The van der Waals surface area contributed by atoms with Crippen LogP contribution >= 0.6 is 0 Å². The number of aromatic nitrogens is 2. The van der Waals surface area contributed by atoms with Crippen molar-refractivity contribution in [3.63, 3.8) is 0 Å². The van der Waals surface area contributed by atoms with Gasteiger partial charge in [-0.2, -0.15) is 5.10 Å². The zero-order valence-corrected chi connectivity index (χ0v) is 12.2. The molecule has 0 radical (unpaired) electrons. The summed E-state index contributed by atoms with van der Waals surface area (Å²) in [5.41, 5.74) is 2.70. The van der Waals surface area contributed by atoms with Crippen LogP contribution in [-0.4, -0.2) is 21.7 Å². The monoisotopic (exact) mass is 279 g/mol. The van der Waals surface area contributed by atoms with Gasteiger partial charge in [-0.1, -0.05) is 6.07 Å². The summed E-state index contributed by atoms with van der Waals surface area (Å²) in [6, 6.07) is 2.77. The largest absolute Gasteiger partial charge is 0.298 e. The van der Waals surface area contributed by atoms with Crippen LogP contribution in [-0.2, 0) is 20.1 Å². The van der Waals surface area contributed by atoms with Crippen molar-refractivity contribution in [2.45, 2.75) is 26.9 Å². The molecule has 0 fully saturated rings. The summed E-state index contributed by atoms with van der Waals surface area (Å²) < 4.78 is 29.5. The topological polar surface area (TPSA) is 21.1 Å². The molecule has 0 aliphatic rings. The van der Waals surface area contributed by atoms with Gasteiger partial charge in [0, 0.05) is 37.0 Å². The summed E-state index contributed by atoms with van der Waals surface area (Å²) in [6.45, 7) is 4.45. The molecule has 0 saturated heterocycles. The molecule has 0 spiro atoms. The number of benzene rings is 1. The molecule has 0 N–H and O–H groups in total. The lowest BCUT2D eigenvalue weighted by molar-refractivity contribution is 0.306. The molecule has 0 aliphatic carbocycles. The Morgan fingerprint density at radius 1 is 1.20 bits per heavy atom. The maximum Gasteiger partial charge on any atom is 0.133 e. The Morgan fingerprint density at radius 2 is 1.90 bits per heavy atom. The number of aryl methyl sites for hydroxylation is 2. The van der Waals surface area contributed by atoms with Crippen molar-refractivity contribution in [3.05, 3.63) is 52.3 Å². The Labute approximate surface area is 117 Å². The van der Waals surface area contributed by atoms with Crippen molar-refractivity contribution in [2.75, 3.05) is 7.05 Å². The average molecular weight is 279 g/mol. The normalized spacial score (nSPS) is 11.3. The average Bonchev–Trinajstić information content (AvgIpc) is 2.71. The Kier molecular flexibility index (Phi) is 4.18. The van der Waals surface area contributed by atoms with Crippen LogP contribution < -0.4 is 0 Å². The molecule has 0 unspecified atom stereocenters. The molecule has 1 aromatic carbocycles. The van der Waals surface area contributed by atoms with Gasteiger partial charge < -0.3 is 0 Å². The standard InChI is InChI=1S/C15H19F2N3/c1-10-5-6-14(16)13(15(10)17)9-19(3)8-12-7-18-20(4)11(12)2/h5-7H,8-9H2,1-4H3. The van der Waals surface area contributed by atoms with E-state index in [1.54, 1.807) is 17.8 Å². The van der Waals surface area contributed by atoms with Crippen LogP contribution in [0.25, 0.3) is 0 Å². The number of rotatable bonds is 4. The molecule has 0 amide bonds. The predicted molar refractivity (Wildman–Crippen MR) is 74.2 cm³/mol. The van der Waals surface area contributed by atoms with Crippen LogP contribution in [0.3, 0.4) is 0 Å². The van der Waals surface area contributed by atoms with Crippen molar-refractivity contribution in [1.29, 1.82) is 0 Å². The van der Waals surface area contributed by atoms with Crippen molar-refractivity contribution in [1.82, 2.24) is 14.7 Å². The third-order valence-corrected chi connectivity index (χ3v) is 3.58. The molecule has 5 heteroatoms. The van der Waals surface area contributed by atoms with Gasteiger partial charge in [-0.3, -0.25) is 9.58 Å². The Morgan fingerprint density at radius 3 is 2.50 bits per heavy atom. The maximum absolute atomic E-state index is 14.0. The van der Waals surface area contributed by atoms with E-state index in [0.717, 1.165) is 11.3 Å². The lowest BCUT2D eigenvalue weighted by atomic mass is 10.1. The summed E-state index contributed by atoms with van der Waals surface area (Å²) in [5, 5.41) is 4.17. The number of hydrogen-bond donors (Lipinski definition) is 0. The van der Waals surface area contributed by atoms with E-state index in [4.69, 9.17) is 0 Å². The summed E-state index contributed by atoms with van der Waals surface area (Å²) in [4.78, 5) is 1.88. The second-order valence-corrected chi connectivity index (χ2v) is 5.21. The van der Waals surface area contributed by atoms with Gasteiger partial charge in [0.05, 0.1) is 6.20 Å². The third-order valence-electron chi connectivity index (χ3n) is 3.58. The number of nitrogens with zero attached hydrogens (tertiary/aromatic N) is 3. The fourth-order valence-electron chi connectivity index (χ4n) is 2.18. The zero-order valence-electron chi connectivity index (χ0n) is 12.2. The fourth-order valence-corrected chi connectivity index (χ4v) is 2.18. The molecule has 2 aromatic rings. The second-order valence-electron chi connectivity index (χ2n) is 5.21. The number of halogens is 2. The first-order valence-electron chi connectivity index (χ1n) is 6.49. The van der Waals surface area contributed by atoms with E-state index < -0.39 is 11.6 Å². The highest BCUT2D eigenvalue weighted by molar-refractivity contribution is 5.26. The molecular weight excluding hydrogens is 260 g/mol. The minimum Gasteiger partial charge on any atom is -0.298 e. The highest BCUT2D eigenvalue weighted by Crippen LogP contribution is 2.19. The van der Waals surface area contributed by atoms with E-state index in [0.29, 0.717) is 12.1 Å². The van der Waals surface area contributed by atoms with Gasteiger partial charge in [0.2, 0.25) is 0 Å². The third kappa shape index (κ3) is 2.88. The molecule has 1 aromatic heterocycles. The molecule has 3 nitrogen and oxygen atoms in total. The molecule has 2 rings (SSSR count). The minimum atomic E-state index is -0.497. The van der Waals surface area contributed by atoms with Gasteiger partial charge in [-0.15, -0.1) is 0 Å². The van der Waals surface area contributed by atoms with Crippen molar-refractivity contribution in [2.24, 2.45) is 7.05 Å². The smallest absolute Gasteiger partial charge is 0.133 e. The van der Waals surface area contributed by atoms with Gasteiger partial charge in [-0.05, 0) is 32.5 Å². The SMILES string of the molecule is Cc1ccc(F)c(CN(C)Cc2cnn(C)c2C)c1F. The molecule has 0 aliphatic heterocycles. The molecule has 0 atom stereocenters. The first kappa shape index (κ1) is 14.7. The minimum absolute atomic E-state index is 0.119. The first-order valence-corrected chi connectivity index (χ1v) is 6.49. The van der Waals surface area contributed by atoms with Gasteiger partial charge in [0.15, 0.2) is 0 Å². The molecule has 108 valence electrons. The van der Waals surface area contributed by atoms with Crippen LogP contribution in [0.15, 0.2) is 18.3 Å². The fraction of sp³-hybridized carbons (Fsp3) is 0.400. The van der Waals surface area contributed by atoms with Crippen LogP contribution in [0, 0.1) is 25.5 Å². The molecular formula is C15H19F2N3. The molecule has 0 bridgehead atoms. The van der Waals surface area contributed by atoms with E-state index in [9.17, 15) is 8.78 Å². The van der Waals surface area contributed by atoms with Crippen LogP contribution in [0.5, 0.6) is 0 Å². The lowest BCUT2D eigenvalue weighted by Gasteiger charge is -2.18. The van der Waals surface area contributed by atoms with E-state index in [1.165, 1.54) is 12.1 Å². The van der Waals surface area contributed by atoms with Crippen molar-refractivity contribution in [3.8, 4) is 0 Å². The van der Waals surface area contributed by atoms with E-state index >= 15 is 0 Å². The number of hydrogen-bond acceptors (Lipinski definition) is 2. The maximum atomic E-state index is 14.0. The quantitative estimate of drug-likeness (QED) is 0.858. The summed E-state index contributed by atoms with van der Waals surface area (Å²) in [6.07, 6.45) is 1.79.